The molecule has 10 heavy (non-hydrogen) atoms. The normalized spacial score (nSPS) is 9.80. The van der Waals surface area contributed by atoms with Crippen LogP contribution in [0.3, 0.4) is 0 Å². The molecule has 0 aliphatic rings. The Balaban J connectivity index is 0. The molecule has 0 heterocycles. The van der Waals surface area contributed by atoms with Gasteiger partial charge < -0.3 is 4.90 Å². The standard InChI is InChI=1S/C6H12NS2.Rf/c1-5(7(3)4)9-6(2)8;/h1-4H3;/q-1;. The predicted octanol–water partition coefficient (Wildman–Crippen LogP) is 2.14. The molecule has 0 saturated carbocycles. The summed E-state index contributed by atoms with van der Waals surface area (Å²) in [5, 5.41) is 1.24. The second-order valence-electron chi connectivity index (χ2n) is 2.01. The Morgan fingerprint density at radius 3 is 2.00 bits per heavy atom. The summed E-state index contributed by atoms with van der Waals surface area (Å²) >= 11 is 6.54. The summed E-state index contributed by atoms with van der Waals surface area (Å²) in [5.74, 6) is 0. The Morgan fingerprint density at radius 2 is 1.90 bits per heavy atom. The van der Waals surface area contributed by atoms with Gasteiger partial charge in [-0.25, -0.2) is 0 Å². The first-order chi connectivity index (χ1) is 4.04. The minimum Gasteiger partial charge on any atom is -0.449 e. The molecule has 0 bridgehead atoms. The second kappa shape index (κ2) is 5.21. The van der Waals surface area contributed by atoms with Gasteiger partial charge in [0, 0.05) is 4.20 Å². The number of thioether (sulfide) groups is 1. The average Bonchev–Trinajstić information content (AvgIpc) is 1.63. The number of hydrogen-bond donors (Lipinski definition) is 0. The summed E-state index contributed by atoms with van der Waals surface area (Å²) < 4.78 is 0.973. The number of rotatable bonds is 2. The molecule has 1 nitrogen and oxygen atoms in total. The maximum atomic E-state index is 4.91. The minimum absolute atomic E-state index is 0. The monoisotopic (exact) mass is 429 g/mol. The topological polar surface area (TPSA) is 3.24 Å². The fraction of sp³-hybridized carbons (Fsp3) is 0.667. The van der Waals surface area contributed by atoms with Crippen LogP contribution in [-0.2, 0) is 0 Å². The maximum Gasteiger partial charge on any atom is 0.0143 e. The second-order valence-corrected chi connectivity index (χ2v) is 4.29. The van der Waals surface area contributed by atoms with Crippen molar-refractivity contribution in [1.29, 1.82) is 0 Å². The first kappa shape index (κ1) is 12.1. The molecule has 0 N–H and O–H groups in total. The largest absolute Gasteiger partial charge is 0.449 e. The van der Waals surface area contributed by atoms with Crippen LogP contribution in [-0.4, -0.2) is 23.2 Å². The molecule has 0 aliphatic carbocycles. The van der Waals surface area contributed by atoms with Crippen molar-refractivity contribution in [2.75, 3.05) is 14.1 Å². The van der Waals surface area contributed by atoms with Crippen molar-refractivity contribution < 1.29 is 0 Å². The zero-order valence-corrected chi connectivity index (χ0v) is 15.0. The molecule has 0 radical (unpaired) electrons. The maximum absolute atomic E-state index is 4.91. The van der Waals surface area contributed by atoms with Gasteiger partial charge in [0.05, 0.1) is 0 Å². The fourth-order valence-electron chi connectivity index (χ4n) is 0.299. The first-order valence-electron chi connectivity index (χ1n) is 2.73. The minimum atomic E-state index is 0. The Labute approximate surface area is 66.8 Å². The summed E-state index contributed by atoms with van der Waals surface area (Å²) in [7, 11) is 4.03. The average molecular weight is 429 g/mol. The van der Waals surface area contributed by atoms with Crippen LogP contribution in [0.2, 0.25) is 0 Å². The Bertz CT molecular complexity index is 106. The van der Waals surface area contributed by atoms with Gasteiger partial charge in [-0.1, -0.05) is 12.2 Å². The molecule has 0 spiro atoms. The molecule has 0 saturated heterocycles. The van der Waals surface area contributed by atoms with Crippen molar-refractivity contribution in [1.82, 2.24) is 4.90 Å². The van der Waals surface area contributed by atoms with Crippen molar-refractivity contribution in [3.8, 4) is 0 Å². The van der Waals surface area contributed by atoms with Gasteiger partial charge in [-0.15, -0.1) is 0 Å². The third-order valence-corrected chi connectivity index (χ3v) is 2.12. The molecular weight excluding hydrogens is 417 g/mol. The van der Waals surface area contributed by atoms with Gasteiger partial charge in [-0.05, 0) is 21.0 Å². The molecule has 0 fully saturated rings. The SMILES string of the molecule is CC(=S)S[C-](C)N(C)C.[Rf]. The molecule has 0 aliphatic heterocycles. The van der Waals surface area contributed by atoms with Gasteiger partial charge in [-0.3, -0.25) is 11.8 Å². The van der Waals surface area contributed by atoms with E-state index in [1.165, 1.54) is 5.37 Å². The zero-order chi connectivity index (χ0) is 7.44. The van der Waals surface area contributed by atoms with E-state index in [2.05, 4.69) is 11.8 Å². The molecule has 4 heteroatoms. The first-order valence-corrected chi connectivity index (χ1v) is 3.96. The van der Waals surface area contributed by atoms with E-state index in [-0.39, 0.29) is 0 Å². The van der Waals surface area contributed by atoms with Crippen LogP contribution in [0, 0.1) is 5.37 Å². The molecule has 0 aromatic rings. The van der Waals surface area contributed by atoms with E-state index in [0.29, 0.717) is 0 Å². The van der Waals surface area contributed by atoms with Gasteiger partial charge in [0.15, 0.2) is 0 Å². The van der Waals surface area contributed by atoms with E-state index >= 15 is 0 Å². The van der Waals surface area contributed by atoms with Crippen LogP contribution in [0.25, 0.3) is 0 Å². The molecule has 0 unspecified atom stereocenters. The molecule has 56 valence electrons. The van der Waals surface area contributed by atoms with Crippen LogP contribution >= 0.6 is 24.0 Å². The number of nitrogens with zero attached hydrogens (tertiary/aromatic N) is 1. The Kier molecular flexibility index (Phi) is 6.31. The van der Waals surface area contributed by atoms with Crippen molar-refractivity contribution >= 4 is 28.2 Å². The predicted molar refractivity (Wildman–Crippen MR) is 48.5 cm³/mol. The van der Waals surface area contributed by atoms with E-state index in [1.807, 2.05) is 21.0 Å². The van der Waals surface area contributed by atoms with E-state index in [0.717, 1.165) is 4.20 Å². The van der Waals surface area contributed by atoms with Crippen LogP contribution in [0.5, 0.6) is 0 Å². The zero-order valence-electron chi connectivity index (χ0n) is 6.97. The van der Waals surface area contributed by atoms with Crippen molar-refractivity contribution in [3.63, 3.8) is 0 Å². The number of thiocarbonyl (C=S) groups is 1. The molecule has 0 aromatic heterocycles. The van der Waals surface area contributed by atoms with Crippen LogP contribution in [0.1, 0.15) is 13.8 Å². The van der Waals surface area contributed by atoms with Gasteiger partial charge in [0.1, 0.15) is 0 Å². The summed E-state index contributed by atoms with van der Waals surface area (Å²) in [4.78, 5) is 2.06. The third-order valence-electron chi connectivity index (χ3n) is 0.921. The summed E-state index contributed by atoms with van der Waals surface area (Å²) in [6, 6.07) is 0. The molecule has 0 rings (SSSR count). The van der Waals surface area contributed by atoms with Gasteiger partial charge >= 0.3 is 0 Å². The summed E-state index contributed by atoms with van der Waals surface area (Å²) in [6.45, 7) is 3.99. The quantitative estimate of drug-likeness (QED) is 0.490. The third kappa shape index (κ3) is 5.54. The van der Waals surface area contributed by atoms with Gasteiger partial charge in [0.25, 0.3) is 0 Å². The molecular formula is C6H12NRfS2-. The van der Waals surface area contributed by atoms with Crippen molar-refractivity contribution in [3.05, 3.63) is 5.37 Å². The van der Waals surface area contributed by atoms with E-state index in [4.69, 9.17) is 12.2 Å². The number of hydrogen-bond acceptors (Lipinski definition) is 3. The summed E-state index contributed by atoms with van der Waals surface area (Å²) in [6.07, 6.45) is 0. The Morgan fingerprint density at radius 1 is 1.50 bits per heavy atom. The smallest absolute Gasteiger partial charge is 0.0143 e. The van der Waals surface area contributed by atoms with Crippen LogP contribution in [0.4, 0.5) is 0 Å². The van der Waals surface area contributed by atoms with Crippen molar-refractivity contribution in [2.24, 2.45) is 0 Å². The Hall–Kier alpha value is -0.600. The molecule has 0 amide bonds. The van der Waals surface area contributed by atoms with E-state index in [1.54, 1.807) is 11.8 Å². The molecule has 0 atom stereocenters. The van der Waals surface area contributed by atoms with E-state index < -0.39 is 0 Å². The van der Waals surface area contributed by atoms with Gasteiger partial charge in [0.2, 0.25) is 0 Å². The van der Waals surface area contributed by atoms with Crippen molar-refractivity contribution in [2.45, 2.75) is 13.8 Å². The van der Waals surface area contributed by atoms with E-state index in [9.17, 15) is 0 Å². The summed E-state index contributed by atoms with van der Waals surface area (Å²) in [5.41, 5.74) is 0. The molecule has 0 aromatic carbocycles. The van der Waals surface area contributed by atoms with Crippen LogP contribution < -0.4 is 0 Å². The van der Waals surface area contributed by atoms with Gasteiger partial charge in [-0.2, -0.15) is 12.3 Å². The fourth-order valence-corrected chi connectivity index (χ4v) is 1.26. The van der Waals surface area contributed by atoms with Crippen LogP contribution in [0.15, 0.2) is 0 Å².